The van der Waals surface area contributed by atoms with Crippen molar-refractivity contribution >= 4 is 10.8 Å². The summed E-state index contributed by atoms with van der Waals surface area (Å²) in [6.07, 6.45) is 2.51. The molecular formula is C19H25NO. The maximum absolute atomic E-state index is 5.30. The molecule has 0 heterocycles. The van der Waals surface area contributed by atoms with Crippen LogP contribution in [0.3, 0.4) is 0 Å². The first kappa shape index (κ1) is 14.4. The summed E-state index contributed by atoms with van der Waals surface area (Å²) in [4.78, 5) is 0. The topological polar surface area (TPSA) is 21.3 Å². The van der Waals surface area contributed by atoms with Crippen molar-refractivity contribution in [1.29, 1.82) is 0 Å². The third-order valence-corrected chi connectivity index (χ3v) is 4.94. The SMILES string of the molecule is CCCNCC1CC1(C)c1ccc2cc(OC)ccc2c1. The van der Waals surface area contributed by atoms with Gasteiger partial charge in [0.25, 0.3) is 0 Å². The van der Waals surface area contributed by atoms with Crippen molar-refractivity contribution in [3.05, 3.63) is 42.0 Å². The van der Waals surface area contributed by atoms with Crippen LogP contribution < -0.4 is 10.1 Å². The van der Waals surface area contributed by atoms with E-state index in [-0.39, 0.29) is 0 Å². The summed E-state index contributed by atoms with van der Waals surface area (Å²) >= 11 is 0. The molecule has 112 valence electrons. The Morgan fingerprint density at radius 2 is 1.95 bits per heavy atom. The van der Waals surface area contributed by atoms with Crippen molar-refractivity contribution in [2.24, 2.45) is 5.92 Å². The molecule has 0 aromatic heterocycles. The first-order valence-corrected chi connectivity index (χ1v) is 7.96. The molecule has 0 amide bonds. The van der Waals surface area contributed by atoms with E-state index in [1.807, 2.05) is 6.07 Å². The molecule has 1 saturated carbocycles. The minimum Gasteiger partial charge on any atom is -0.497 e. The van der Waals surface area contributed by atoms with Crippen LogP contribution in [0.2, 0.25) is 0 Å². The van der Waals surface area contributed by atoms with Crippen LogP contribution in [0.5, 0.6) is 5.75 Å². The molecule has 0 saturated heterocycles. The van der Waals surface area contributed by atoms with Crippen LogP contribution in [0.15, 0.2) is 36.4 Å². The molecule has 1 N–H and O–H groups in total. The first-order valence-electron chi connectivity index (χ1n) is 7.96. The highest BCUT2D eigenvalue weighted by atomic mass is 16.5. The molecule has 3 rings (SSSR count). The highest BCUT2D eigenvalue weighted by molar-refractivity contribution is 5.85. The van der Waals surface area contributed by atoms with Crippen LogP contribution in [0.1, 0.15) is 32.3 Å². The number of ether oxygens (including phenoxy) is 1. The average Bonchev–Trinajstić information content (AvgIpc) is 3.18. The van der Waals surface area contributed by atoms with Crippen LogP contribution in [-0.2, 0) is 5.41 Å². The van der Waals surface area contributed by atoms with Gasteiger partial charge in [0.05, 0.1) is 7.11 Å². The standard InChI is InChI=1S/C19H25NO/c1-4-9-20-13-17-12-19(17,2)16-7-5-15-11-18(21-3)8-6-14(15)10-16/h5-8,10-11,17,20H,4,9,12-13H2,1-3H3. The average molecular weight is 283 g/mol. The number of rotatable bonds is 6. The number of methoxy groups -OCH3 is 1. The van der Waals surface area contributed by atoms with E-state index in [0.29, 0.717) is 5.41 Å². The van der Waals surface area contributed by atoms with Crippen molar-refractivity contribution in [3.8, 4) is 5.75 Å². The molecule has 2 aromatic rings. The lowest BCUT2D eigenvalue weighted by Crippen LogP contribution is -2.20. The molecule has 1 aliphatic rings. The van der Waals surface area contributed by atoms with Gasteiger partial charge in [-0.1, -0.05) is 38.1 Å². The predicted molar refractivity (Wildman–Crippen MR) is 89.1 cm³/mol. The zero-order chi connectivity index (χ0) is 14.9. The minimum absolute atomic E-state index is 0.356. The number of nitrogens with one attached hydrogen (secondary N) is 1. The van der Waals surface area contributed by atoms with E-state index in [4.69, 9.17) is 4.74 Å². The Bertz CT molecular complexity index is 636. The van der Waals surface area contributed by atoms with E-state index in [2.05, 4.69) is 49.5 Å². The van der Waals surface area contributed by atoms with Crippen molar-refractivity contribution in [2.75, 3.05) is 20.2 Å². The third kappa shape index (κ3) is 2.77. The van der Waals surface area contributed by atoms with Crippen LogP contribution in [0, 0.1) is 5.92 Å². The minimum atomic E-state index is 0.356. The molecule has 2 heteroatoms. The Morgan fingerprint density at radius 1 is 1.19 bits per heavy atom. The quantitative estimate of drug-likeness (QED) is 0.805. The molecule has 1 fully saturated rings. The molecular weight excluding hydrogens is 258 g/mol. The van der Waals surface area contributed by atoms with Crippen molar-refractivity contribution in [1.82, 2.24) is 5.32 Å². The van der Waals surface area contributed by atoms with Crippen molar-refractivity contribution < 1.29 is 4.74 Å². The van der Waals surface area contributed by atoms with Gasteiger partial charge in [0, 0.05) is 0 Å². The van der Waals surface area contributed by atoms with E-state index in [1.165, 1.54) is 29.2 Å². The second-order valence-corrected chi connectivity index (χ2v) is 6.45. The van der Waals surface area contributed by atoms with Crippen LogP contribution in [-0.4, -0.2) is 20.2 Å². The van der Waals surface area contributed by atoms with Gasteiger partial charge in [0.15, 0.2) is 0 Å². The van der Waals surface area contributed by atoms with E-state index in [0.717, 1.165) is 24.8 Å². The van der Waals surface area contributed by atoms with Gasteiger partial charge < -0.3 is 10.1 Å². The molecule has 0 aliphatic heterocycles. The normalized spacial score (nSPS) is 24.2. The number of fused-ring (bicyclic) bond motifs is 1. The van der Waals surface area contributed by atoms with Crippen LogP contribution in [0.25, 0.3) is 10.8 Å². The highest BCUT2D eigenvalue weighted by Crippen LogP contribution is 2.53. The van der Waals surface area contributed by atoms with Gasteiger partial charge in [-0.25, -0.2) is 0 Å². The van der Waals surface area contributed by atoms with Gasteiger partial charge in [-0.05, 0) is 65.7 Å². The fraction of sp³-hybridized carbons (Fsp3) is 0.474. The molecule has 21 heavy (non-hydrogen) atoms. The molecule has 0 spiro atoms. The lowest BCUT2D eigenvalue weighted by atomic mass is 9.93. The predicted octanol–water partition coefficient (Wildman–Crippen LogP) is 4.13. The summed E-state index contributed by atoms with van der Waals surface area (Å²) in [5.74, 6) is 1.70. The summed E-state index contributed by atoms with van der Waals surface area (Å²) in [6, 6.07) is 13.2. The van der Waals surface area contributed by atoms with Gasteiger partial charge in [-0.15, -0.1) is 0 Å². The van der Waals surface area contributed by atoms with Gasteiger partial charge in [-0.2, -0.15) is 0 Å². The molecule has 2 aromatic carbocycles. The first-order chi connectivity index (χ1) is 10.2. The van der Waals surface area contributed by atoms with E-state index < -0.39 is 0 Å². The van der Waals surface area contributed by atoms with Gasteiger partial charge in [0.1, 0.15) is 5.75 Å². The Kier molecular flexibility index (Phi) is 3.90. The summed E-state index contributed by atoms with van der Waals surface area (Å²) in [5, 5.41) is 6.12. The maximum Gasteiger partial charge on any atom is 0.119 e. The number of benzene rings is 2. The Balaban J connectivity index is 1.79. The summed E-state index contributed by atoms with van der Waals surface area (Å²) in [5.41, 5.74) is 1.83. The van der Waals surface area contributed by atoms with Gasteiger partial charge in [-0.3, -0.25) is 0 Å². The largest absolute Gasteiger partial charge is 0.497 e. The molecule has 1 aliphatic carbocycles. The Hall–Kier alpha value is -1.54. The van der Waals surface area contributed by atoms with Crippen molar-refractivity contribution in [2.45, 2.75) is 32.1 Å². The smallest absolute Gasteiger partial charge is 0.119 e. The Labute approximate surface area is 127 Å². The second kappa shape index (κ2) is 5.69. The van der Waals surface area contributed by atoms with Gasteiger partial charge in [0.2, 0.25) is 0 Å². The van der Waals surface area contributed by atoms with Crippen LogP contribution in [0.4, 0.5) is 0 Å². The zero-order valence-corrected chi connectivity index (χ0v) is 13.3. The molecule has 2 nitrogen and oxygen atoms in total. The third-order valence-electron chi connectivity index (χ3n) is 4.94. The monoisotopic (exact) mass is 283 g/mol. The Morgan fingerprint density at radius 3 is 2.71 bits per heavy atom. The van der Waals surface area contributed by atoms with E-state index >= 15 is 0 Å². The van der Waals surface area contributed by atoms with E-state index in [1.54, 1.807) is 7.11 Å². The van der Waals surface area contributed by atoms with E-state index in [9.17, 15) is 0 Å². The molecule has 0 bridgehead atoms. The number of hydrogen-bond donors (Lipinski definition) is 1. The van der Waals surface area contributed by atoms with Gasteiger partial charge >= 0.3 is 0 Å². The lowest BCUT2D eigenvalue weighted by molar-refractivity contribution is 0.415. The summed E-state index contributed by atoms with van der Waals surface area (Å²) in [7, 11) is 1.72. The fourth-order valence-electron chi connectivity index (χ4n) is 3.26. The number of hydrogen-bond acceptors (Lipinski definition) is 2. The second-order valence-electron chi connectivity index (χ2n) is 6.45. The molecule has 0 radical (unpaired) electrons. The lowest BCUT2D eigenvalue weighted by Gasteiger charge is -2.14. The molecule has 2 unspecified atom stereocenters. The van der Waals surface area contributed by atoms with Crippen LogP contribution >= 0.6 is 0 Å². The summed E-state index contributed by atoms with van der Waals surface area (Å²) < 4.78 is 5.30. The fourth-order valence-corrected chi connectivity index (χ4v) is 3.26. The summed E-state index contributed by atoms with van der Waals surface area (Å²) in [6.45, 7) is 6.89. The zero-order valence-electron chi connectivity index (χ0n) is 13.3. The molecule has 2 atom stereocenters. The van der Waals surface area contributed by atoms with Crippen molar-refractivity contribution in [3.63, 3.8) is 0 Å². The maximum atomic E-state index is 5.30. The highest BCUT2D eigenvalue weighted by Gasteiger charge is 2.50.